The number of halogens is 3. The van der Waals surface area contributed by atoms with Crippen LogP contribution in [0.5, 0.6) is 0 Å². The molecule has 2 aromatic rings. The first-order valence-electron chi connectivity index (χ1n) is 5.67. The van der Waals surface area contributed by atoms with Crippen LogP contribution in [-0.2, 0) is 12.8 Å². The molecular weight excluding hydrogens is 289 g/mol. The van der Waals surface area contributed by atoms with Crippen molar-refractivity contribution < 1.29 is 18.3 Å². The van der Waals surface area contributed by atoms with Crippen molar-refractivity contribution in [1.29, 1.82) is 0 Å². The molecule has 0 unspecified atom stereocenters. The highest BCUT2D eigenvalue weighted by Gasteiger charge is 2.34. The van der Waals surface area contributed by atoms with Gasteiger partial charge in [-0.05, 0) is 41.9 Å². The predicted molar refractivity (Wildman–Crippen MR) is 68.3 cm³/mol. The highest BCUT2D eigenvalue weighted by molar-refractivity contribution is 7.99. The number of alkyl halides is 3. The van der Waals surface area contributed by atoms with Crippen molar-refractivity contribution >= 4 is 11.8 Å². The zero-order valence-electron chi connectivity index (χ0n) is 10.5. The molecule has 0 aliphatic carbocycles. The fourth-order valence-corrected chi connectivity index (χ4v) is 2.35. The molecule has 1 N–H and O–H groups in total. The van der Waals surface area contributed by atoms with Crippen LogP contribution in [0.4, 0.5) is 13.2 Å². The Morgan fingerprint density at radius 2 is 1.85 bits per heavy atom. The normalized spacial score (nSPS) is 11.7. The molecule has 2 rings (SSSR count). The lowest BCUT2D eigenvalue weighted by atomic mass is 10.1. The average molecular weight is 300 g/mol. The van der Waals surface area contributed by atoms with Crippen LogP contribution in [0.3, 0.4) is 0 Å². The number of hydrogen-bond donors (Lipinski definition) is 1. The second-order valence-electron chi connectivity index (χ2n) is 4.13. The number of hydrogen-bond acceptors (Lipinski definition) is 4. The number of rotatable bonds is 3. The van der Waals surface area contributed by atoms with E-state index >= 15 is 0 Å². The number of aliphatic hydroxyl groups is 1. The van der Waals surface area contributed by atoms with E-state index in [0.29, 0.717) is 0 Å². The van der Waals surface area contributed by atoms with Crippen LogP contribution in [0.1, 0.15) is 16.7 Å². The molecule has 0 fully saturated rings. The van der Waals surface area contributed by atoms with Crippen LogP contribution >= 0.6 is 11.8 Å². The number of aliphatic hydroxyl groups excluding tert-OH is 1. The third kappa shape index (κ3) is 3.49. The van der Waals surface area contributed by atoms with Gasteiger partial charge in [-0.2, -0.15) is 13.2 Å². The summed E-state index contributed by atoms with van der Waals surface area (Å²) in [5.41, 5.74) is 0.255. The summed E-state index contributed by atoms with van der Waals surface area (Å²) in [6.45, 7) is 1.36. The molecule has 0 amide bonds. The second kappa shape index (κ2) is 5.80. The zero-order valence-corrected chi connectivity index (χ0v) is 11.3. The SMILES string of the molecule is Cc1cnc(Sc2ccc(CO)cc2C(F)(F)F)nc1. The van der Waals surface area contributed by atoms with Gasteiger partial charge in [-0.1, -0.05) is 6.07 Å². The molecule has 0 aliphatic heterocycles. The van der Waals surface area contributed by atoms with Gasteiger partial charge in [0.1, 0.15) is 0 Å². The van der Waals surface area contributed by atoms with Crippen molar-refractivity contribution in [2.45, 2.75) is 29.8 Å². The number of aryl methyl sites for hydroxylation is 1. The third-order valence-electron chi connectivity index (χ3n) is 2.49. The number of nitrogens with zero attached hydrogens (tertiary/aromatic N) is 2. The van der Waals surface area contributed by atoms with E-state index in [1.807, 2.05) is 0 Å². The van der Waals surface area contributed by atoms with Gasteiger partial charge in [0.05, 0.1) is 12.2 Å². The summed E-state index contributed by atoms with van der Waals surface area (Å²) in [6, 6.07) is 3.71. The lowest BCUT2D eigenvalue weighted by molar-refractivity contribution is -0.139. The second-order valence-corrected chi connectivity index (χ2v) is 5.14. The predicted octanol–water partition coefficient (Wildman–Crippen LogP) is 3.45. The summed E-state index contributed by atoms with van der Waals surface area (Å²) in [7, 11) is 0. The standard InChI is InChI=1S/C13H11F3N2OS/c1-8-5-17-12(18-6-8)20-11-3-2-9(7-19)4-10(11)13(14,15)16/h2-6,19H,7H2,1H3. The molecule has 3 nitrogen and oxygen atoms in total. The van der Waals surface area contributed by atoms with Crippen molar-refractivity contribution in [2.24, 2.45) is 0 Å². The van der Waals surface area contributed by atoms with Crippen molar-refractivity contribution in [3.8, 4) is 0 Å². The maximum Gasteiger partial charge on any atom is 0.417 e. The average Bonchev–Trinajstić information content (AvgIpc) is 2.40. The van der Waals surface area contributed by atoms with Gasteiger partial charge in [-0.3, -0.25) is 0 Å². The van der Waals surface area contributed by atoms with Gasteiger partial charge in [-0.15, -0.1) is 0 Å². The van der Waals surface area contributed by atoms with E-state index in [2.05, 4.69) is 9.97 Å². The van der Waals surface area contributed by atoms with E-state index in [4.69, 9.17) is 5.11 Å². The van der Waals surface area contributed by atoms with E-state index in [0.717, 1.165) is 23.4 Å². The first-order chi connectivity index (χ1) is 9.40. The van der Waals surface area contributed by atoms with Gasteiger partial charge in [0, 0.05) is 17.3 Å². The highest BCUT2D eigenvalue weighted by atomic mass is 32.2. The van der Waals surface area contributed by atoms with Crippen LogP contribution in [0.15, 0.2) is 40.6 Å². The van der Waals surface area contributed by atoms with Gasteiger partial charge < -0.3 is 5.11 Å². The Bertz CT molecular complexity index is 600. The largest absolute Gasteiger partial charge is 0.417 e. The summed E-state index contributed by atoms with van der Waals surface area (Å²) in [5, 5.41) is 9.19. The molecule has 7 heteroatoms. The lowest BCUT2D eigenvalue weighted by Gasteiger charge is -2.13. The highest BCUT2D eigenvalue weighted by Crippen LogP contribution is 2.39. The molecule has 20 heavy (non-hydrogen) atoms. The summed E-state index contributed by atoms with van der Waals surface area (Å²) in [5.74, 6) is 0. The molecule has 106 valence electrons. The van der Waals surface area contributed by atoms with Gasteiger partial charge in [-0.25, -0.2) is 9.97 Å². The molecule has 0 saturated carbocycles. The van der Waals surface area contributed by atoms with Gasteiger partial charge in [0.25, 0.3) is 0 Å². The number of benzene rings is 1. The van der Waals surface area contributed by atoms with Gasteiger partial charge in [0.2, 0.25) is 0 Å². The van der Waals surface area contributed by atoms with Crippen molar-refractivity contribution in [2.75, 3.05) is 0 Å². The van der Waals surface area contributed by atoms with E-state index in [1.165, 1.54) is 12.1 Å². The van der Waals surface area contributed by atoms with E-state index in [9.17, 15) is 13.2 Å². The molecule has 1 aromatic carbocycles. The van der Waals surface area contributed by atoms with E-state index in [-0.39, 0.29) is 15.6 Å². The molecule has 0 aliphatic rings. The monoisotopic (exact) mass is 300 g/mol. The van der Waals surface area contributed by atoms with Crippen LogP contribution in [0, 0.1) is 6.92 Å². The summed E-state index contributed by atoms with van der Waals surface area (Å²) >= 11 is 0.845. The summed E-state index contributed by atoms with van der Waals surface area (Å²) in [4.78, 5) is 7.96. The first-order valence-corrected chi connectivity index (χ1v) is 6.49. The molecule has 0 bridgehead atoms. The zero-order chi connectivity index (χ0) is 14.8. The Morgan fingerprint density at radius 1 is 1.20 bits per heavy atom. The molecule has 0 saturated heterocycles. The van der Waals surface area contributed by atoms with Crippen molar-refractivity contribution in [1.82, 2.24) is 9.97 Å². The fourth-order valence-electron chi connectivity index (χ4n) is 1.52. The minimum atomic E-state index is -4.49. The van der Waals surface area contributed by atoms with Crippen molar-refractivity contribution in [3.05, 3.63) is 47.3 Å². The quantitative estimate of drug-likeness (QED) is 0.882. The minimum Gasteiger partial charge on any atom is -0.392 e. The smallest absolute Gasteiger partial charge is 0.392 e. The van der Waals surface area contributed by atoms with Crippen LogP contribution in [0.2, 0.25) is 0 Å². The molecular formula is C13H11F3N2OS. The first kappa shape index (κ1) is 14.8. The Balaban J connectivity index is 2.38. The van der Waals surface area contributed by atoms with E-state index in [1.54, 1.807) is 19.3 Å². The molecule has 0 spiro atoms. The Morgan fingerprint density at radius 3 is 2.40 bits per heavy atom. The van der Waals surface area contributed by atoms with Gasteiger partial charge >= 0.3 is 6.18 Å². The Hall–Kier alpha value is -1.60. The van der Waals surface area contributed by atoms with Gasteiger partial charge in [0.15, 0.2) is 5.16 Å². The molecule has 1 aromatic heterocycles. The third-order valence-corrected chi connectivity index (χ3v) is 3.46. The lowest BCUT2D eigenvalue weighted by Crippen LogP contribution is -2.08. The van der Waals surface area contributed by atoms with Crippen LogP contribution < -0.4 is 0 Å². The summed E-state index contributed by atoms with van der Waals surface area (Å²) < 4.78 is 39.0. The fraction of sp³-hybridized carbons (Fsp3) is 0.231. The Labute approximate surface area is 117 Å². The maximum atomic E-state index is 13.0. The summed E-state index contributed by atoms with van der Waals surface area (Å²) in [6.07, 6.45) is -1.40. The minimum absolute atomic E-state index is 0.0125. The van der Waals surface area contributed by atoms with Crippen LogP contribution in [-0.4, -0.2) is 15.1 Å². The molecule has 0 radical (unpaired) electrons. The van der Waals surface area contributed by atoms with Crippen molar-refractivity contribution in [3.63, 3.8) is 0 Å². The molecule has 0 atom stereocenters. The molecule has 1 heterocycles. The maximum absolute atomic E-state index is 13.0. The number of aromatic nitrogens is 2. The van der Waals surface area contributed by atoms with Crippen LogP contribution in [0.25, 0.3) is 0 Å². The topological polar surface area (TPSA) is 46.0 Å². The van der Waals surface area contributed by atoms with E-state index < -0.39 is 18.3 Å². The Kier molecular flexibility index (Phi) is 4.29.